The van der Waals surface area contributed by atoms with Crippen molar-refractivity contribution in [2.75, 3.05) is 19.8 Å². The number of rotatable bonds is 9. The monoisotopic (exact) mass is 257 g/mol. The summed E-state index contributed by atoms with van der Waals surface area (Å²) >= 11 is 0. The van der Waals surface area contributed by atoms with Crippen molar-refractivity contribution in [2.24, 2.45) is 11.3 Å². The van der Waals surface area contributed by atoms with Crippen molar-refractivity contribution in [3.63, 3.8) is 0 Å². The van der Waals surface area contributed by atoms with Crippen LogP contribution in [0.5, 0.6) is 0 Å². The minimum absolute atomic E-state index is 0.0274. The van der Waals surface area contributed by atoms with E-state index in [0.29, 0.717) is 25.4 Å². The first-order chi connectivity index (χ1) is 8.54. The van der Waals surface area contributed by atoms with Crippen LogP contribution in [0.2, 0.25) is 0 Å². The molecule has 2 N–H and O–H groups in total. The minimum Gasteiger partial charge on any atom is -0.481 e. The van der Waals surface area contributed by atoms with Gasteiger partial charge in [0.25, 0.3) is 0 Å². The van der Waals surface area contributed by atoms with Gasteiger partial charge < -0.3 is 15.2 Å². The second kappa shape index (κ2) is 6.73. The molecule has 104 valence electrons. The Morgan fingerprint density at radius 1 is 1.33 bits per heavy atom. The molecule has 1 rings (SSSR count). The fourth-order valence-corrected chi connectivity index (χ4v) is 1.80. The SMILES string of the molecule is CCC(CC)(CNC(=O)COCC1CC1)C(=O)O. The van der Waals surface area contributed by atoms with Crippen LogP contribution in [-0.4, -0.2) is 36.7 Å². The highest BCUT2D eigenvalue weighted by Gasteiger charge is 2.35. The lowest BCUT2D eigenvalue weighted by molar-refractivity contribution is -0.149. The van der Waals surface area contributed by atoms with Gasteiger partial charge in [0.05, 0.1) is 12.0 Å². The normalized spacial score (nSPS) is 15.4. The van der Waals surface area contributed by atoms with Gasteiger partial charge in [-0.1, -0.05) is 13.8 Å². The fourth-order valence-electron chi connectivity index (χ4n) is 1.80. The van der Waals surface area contributed by atoms with Gasteiger partial charge in [-0.15, -0.1) is 0 Å². The topological polar surface area (TPSA) is 75.6 Å². The van der Waals surface area contributed by atoms with E-state index < -0.39 is 11.4 Å². The van der Waals surface area contributed by atoms with Gasteiger partial charge in [0.15, 0.2) is 0 Å². The van der Waals surface area contributed by atoms with Crippen LogP contribution >= 0.6 is 0 Å². The van der Waals surface area contributed by atoms with Gasteiger partial charge in [0, 0.05) is 6.54 Å². The molecule has 0 aliphatic heterocycles. The number of carbonyl (C=O) groups is 2. The summed E-state index contributed by atoms with van der Waals surface area (Å²) in [5.74, 6) is -0.461. The van der Waals surface area contributed by atoms with Gasteiger partial charge in [0.1, 0.15) is 6.61 Å². The second-order valence-electron chi connectivity index (χ2n) is 5.03. The molecule has 0 heterocycles. The molecule has 0 radical (unpaired) electrons. The molecule has 1 aliphatic rings. The summed E-state index contributed by atoms with van der Waals surface area (Å²) in [5.41, 5.74) is -0.855. The van der Waals surface area contributed by atoms with Crippen LogP contribution in [0.3, 0.4) is 0 Å². The number of nitrogens with one attached hydrogen (secondary N) is 1. The molecule has 1 aliphatic carbocycles. The van der Waals surface area contributed by atoms with Crippen molar-refractivity contribution >= 4 is 11.9 Å². The zero-order chi connectivity index (χ0) is 13.6. The largest absolute Gasteiger partial charge is 0.481 e. The average Bonchev–Trinajstić information content (AvgIpc) is 3.15. The van der Waals surface area contributed by atoms with Crippen LogP contribution in [-0.2, 0) is 14.3 Å². The van der Waals surface area contributed by atoms with E-state index in [4.69, 9.17) is 4.74 Å². The quantitative estimate of drug-likeness (QED) is 0.655. The van der Waals surface area contributed by atoms with Gasteiger partial charge in [0.2, 0.25) is 5.91 Å². The lowest BCUT2D eigenvalue weighted by Crippen LogP contribution is -2.43. The first-order valence-electron chi connectivity index (χ1n) is 6.62. The van der Waals surface area contributed by atoms with Crippen molar-refractivity contribution in [1.82, 2.24) is 5.32 Å². The third-order valence-electron chi connectivity index (χ3n) is 3.71. The van der Waals surface area contributed by atoms with Gasteiger partial charge in [-0.25, -0.2) is 0 Å². The van der Waals surface area contributed by atoms with Gasteiger partial charge in [-0.3, -0.25) is 9.59 Å². The molecule has 1 amide bonds. The van der Waals surface area contributed by atoms with Crippen LogP contribution in [0.4, 0.5) is 0 Å². The maximum Gasteiger partial charge on any atom is 0.311 e. The smallest absolute Gasteiger partial charge is 0.311 e. The number of carbonyl (C=O) groups excluding carboxylic acids is 1. The van der Waals surface area contributed by atoms with Gasteiger partial charge >= 0.3 is 5.97 Å². The summed E-state index contributed by atoms with van der Waals surface area (Å²) in [6, 6.07) is 0. The van der Waals surface area contributed by atoms with Crippen LogP contribution < -0.4 is 5.32 Å². The van der Waals surface area contributed by atoms with E-state index in [1.165, 1.54) is 12.8 Å². The zero-order valence-corrected chi connectivity index (χ0v) is 11.2. The standard InChI is InChI=1S/C13H23NO4/c1-3-13(4-2,12(16)17)9-14-11(15)8-18-7-10-5-6-10/h10H,3-9H2,1-2H3,(H,14,15)(H,16,17). The Hall–Kier alpha value is -1.10. The second-order valence-corrected chi connectivity index (χ2v) is 5.03. The van der Waals surface area contributed by atoms with Gasteiger partial charge in [-0.2, -0.15) is 0 Å². The number of amides is 1. The Labute approximate surface area is 108 Å². The molecule has 18 heavy (non-hydrogen) atoms. The van der Waals surface area contributed by atoms with E-state index in [0.717, 1.165) is 0 Å². The highest BCUT2D eigenvalue weighted by atomic mass is 16.5. The molecular weight excluding hydrogens is 234 g/mol. The number of aliphatic carboxylic acids is 1. The molecule has 0 spiro atoms. The summed E-state index contributed by atoms with van der Waals surface area (Å²) < 4.78 is 5.25. The molecule has 0 bridgehead atoms. The van der Waals surface area contributed by atoms with Crippen molar-refractivity contribution in [1.29, 1.82) is 0 Å². The average molecular weight is 257 g/mol. The highest BCUT2D eigenvalue weighted by molar-refractivity contribution is 5.79. The summed E-state index contributed by atoms with van der Waals surface area (Å²) in [5, 5.41) is 11.9. The maximum absolute atomic E-state index is 11.5. The Balaban J connectivity index is 2.27. The lowest BCUT2D eigenvalue weighted by Gasteiger charge is -2.26. The molecule has 0 aromatic carbocycles. The molecule has 0 unspecified atom stereocenters. The van der Waals surface area contributed by atoms with Crippen LogP contribution in [0.1, 0.15) is 39.5 Å². The molecule has 0 atom stereocenters. The molecule has 0 aromatic rings. The van der Waals surface area contributed by atoms with Crippen molar-refractivity contribution < 1.29 is 19.4 Å². The summed E-state index contributed by atoms with van der Waals surface area (Å²) in [4.78, 5) is 22.7. The fraction of sp³-hybridized carbons (Fsp3) is 0.846. The van der Waals surface area contributed by atoms with Gasteiger partial charge in [-0.05, 0) is 31.6 Å². The number of hydrogen-bond donors (Lipinski definition) is 2. The Morgan fingerprint density at radius 3 is 2.39 bits per heavy atom. The van der Waals surface area contributed by atoms with Crippen molar-refractivity contribution in [3.8, 4) is 0 Å². The van der Waals surface area contributed by atoms with E-state index >= 15 is 0 Å². The maximum atomic E-state index is 11.5. The van der Waals surface area contributed by atoms with Crippen molar-refractivity contribution in [3.05, 3.63) is 0 Å². The number of carboxylic acids is 1. The summed E-state index contributed by atoms with van der Waals surface area (Å²) in [7, 11) is 0. The van der Waals surface area contributed by atoms with E-state index in [9.17, 15) is 14.7 Å². The van der Waals surface area contributed by atoms with E-state index in [2.05, 4.69) is 5.32 Å². The Morgan fingerprint density at radius 2 is 1.94 bits per heavy atom. The summed E-state index contributed by atoms with van der Waals surface area (Å²) in [6.45, 7) is 4.49. The number of ether oxygens (including phenoxy) is 1. The predicted molar refractivity (Wildman–Crippen MR) is 67.2 cm³/mol. The third kappa shape index (κ3) is 4.29. The molecule has 5 heteroatoms. The highest BCUT2D eigenvalue weighted by Crippen LogP contribution is 2.28. The van der Waals surface area contributed by atoms with Crippen LogP contribution in [0.15, 0.2) is 0 Å². The molecule has 1 saturated carbocycles. The molecule has 1 fully saturated rings. The van der Waals surface area contributed by atoms with Crippen LogP contribution in [0.25, 0.3) is 0 Å². The van der Waals surface area contributed by atoms with E-state index in [-0.39, 0.29) is 19.1 Å². The summed E-state index contributed by atoms with van der Waals surface area (Å²) in [6.07, 6.45) is 3.38. The first kappa shape index (κ1) is 15.0. The van der Waals surface area contributed by atoms with E-state index in [1.54, 1.807) is 0 Å². The van der Waals surface area contributed by atoms with Crippen LogP contribution in [0, 0.1) is 11.3 Å². The molecule has 0 saturated heterocycles. The zero-order valence-electron chi connectivity index (χ0n) is 11.2. The first-order valence-corrected chi connectivity index (χ1v) is 6.62. The lowest BCUT2D eigenvalue weighted by atomic mass is 9.82. The molecule has 0 aromatic heterocycles. The number of carboxylic acid groups (broad SMARTS) is 1. The number of hydrogen-bond acceptors (Lipinski definition) is 3. The van der Waals surface area contributed by atoms with E-state index in [1.807, 2.05) is 13.8 Å². The molecular formula is C13H23NO4. The predicted octanol–water partition coefficient (Wildman–Crippen LogP) is 1.42. The Bertz CT molecular complexity index is 295. The molecule has 5 nitrogen and oxygen atoms in total. The minimum atomic E-state index is -0.855. The third-order valence-corrected chi connectivity index (χ3v) is 3.71. The van der Waals surface area contributed by atoms with Crippen molar-refractivity contribution in [2.45, 2.75) is 39.5 Å². The Kier molecular flexibility index (Phi) is 5.59.